The van der Waals surface area contributed by atoms with Gasteiger partial charge in [-0.25, -0.2) is 0 Å². The highest BCUT2D eigenvalue weighted by molar-refractivity contribution is 6.48. The molecule has 0 unspecified atom stereocenters. The first kappa shape index (κ1) is 16.5. The fraction of sp³-hybridized carbons (Fsp3) is 0.250. The molecule has 0 spiro atoms. The highest BCUT2D eigenvalue weighted by Crippen LogP contribution is 2.15. The molecule has 1 amide bonds. The summed E-state index contributed by atoms with van der Waals surface area (Å²) in [5, 5.41) is 14.6. The summed E-state index contributed by atoms with van der Waals surface area (Å²) in [5.74, 6) is 0.585. The van der Waals surface area contributed by atoms with E-state index in [4.69, 9.17) is 13.8 Å². The Morgan fingerprint density at radius 1 is 1.44 bits per heavy atom. The van der Waals surface area contributed by atoms with Crippen molar-refractivity contribution in [1.82, 2.24) is 14.9 Å². The van der Waals surface area contributed by atoms with Crippen LogP contribution in [0.1, 0.15) is 22.8 Å². The molecule has 0 saturated heterocycles. The number of anilines is 1. The molecule has 0 radical (unpaired) electrons. The van der Waals surface area contributed by atoms with Crippen LogP contribution in [0.15, 0.2) is 44.9 Å². The van der Waals surface area contributed by atoms with Gasteiger partial charge in [-0.2, -0.15) is 5.10 Å². The Kier molecular flexibility index (Phi) is 4.64. The van der Waals surface area contributed by atoms with Crippen LogP contribution in [-0.4, -0.2) is 33.7 Å². The van der Waals surface area contributed by atoms with Gasteiger partial charge in [0, 0.05) is 11.8 Å². The minimum atomic E-state index is -0.464. The van der Waals surface area contributed by atoms with Crippen LogP contribution < -0.4 is 5.32 Å². The van der Waals surface area contributed by atoms with Crippen LogP contribution in [0, 0.1) is 13.8 Å². The summed E-state index contributed by atoms with van der Waals surface area (Å²) >= 11 is 0. The molecule has 0 bridgehead atoms. The minimum Gasteiger partial charge on any atom is -0.462 e. The normalized spacial score (nSPS) is 11.6. The number of hydrogen-bond acceptors (Lipinski definition) is 7. The van der Waals surface area contributed by atoms with Gasteiger partial charge in [0.1, 0.15) is 12.9 Å². The Hall–Kier alpha value is -3.36. The first-order valence-electron chi connectivity index (χ1n) is 7.49. The van der Waals surface area contributed by atoms with Crippen molar-refractivity contribution < 1.29 is 18.6 Å². The predicted octanol–water partition coefficient (Wildman–Crippen LogP) is 2.12. The molecule has 0 fully saturated rings. The van der Waals surface area contributed by atoms with E-state index < -0.39 is 5.91 Å². The molecule has 25 heavy (non-hydrogen) atoms. The molecule has 0 saturated carbocycles. The molecule has 9 heteroatoms. The standard InChI is InChI=1S/C16H17N5O4/c1-10-13(11(2)25-19-10)9-21-8-12(7-17-21)18-16(22)15(20-23-3)14-5-4-6-24-14/h4-8H,9H2,1-3H3,(H,18,22)/b20-15+. The first-order chi connectivity index (χ1) is 12.1. The average molecular weight is 343 g/mol. The van der Waals surface area contributed by atoms with Gasteiger partial charge >= 0.3 is 0 Å². The summed E-state index contributed by atoms with van der Waals surface area (Å²) < 4.78 is 12.0. The van der Waals surface area contributed by atoms with E-state index in [2.05, 4.69) is 20.7 Å². The monoisotopic (exact) mass is 343 g/mol. The summed E-state index contributed by atoms with van der Waals surface area (Å²) in [7, 11) is 1.36. The number of oxime groups is 1. The molecule has 130 valence electrons. The zero-order valence-electron chi connectivity index (χ0n) is 14.0. The summed E-state index contributed by atoms with van der Waals surface area (Å²) in [4.78, 5) is 17.1. The van der Waals surface area contributed by atoms with Crippen molar-refractivity contribution in [3.8, 4) is 0 Å². The minimum absolute atomic E-state index is 0.0333. The highest BCUT2D eigenvalue weighted by atomic mass is 16.6. The van der Waals surface area contributed by atoms with Crippen LogP contribution in [0.25, 0.3) is 0 Å². The molecule has 3 aromatic heterocycles. The number of nitrogens with one attached hydrogen (secondary N) is 1. The molecule has 0 aliphatic rings. The number of aromatic nitrogens is 3. The van der Waals surface area contributed by atoms with E-state index in [0.717, 1.165) is 17.0 Å². The molecule has 3 aromatic rings. The molecule has 1 N–H and O–H groups in total. The molecular weight excluding hydrogens is 326 g/mol. The SMILES string of the molecule is CO/N=C(/C(=O)Nc1cnn(Cc2c(C)noc2C)c1)c1ccco1. The van der Waals surface area contributed by atoms with Crippen molar-refractivity contribution in [1.29, 1.82) is 0 Å². The predicted molar refractivity (Wildman–Crippen MR) is 88.2 cm³/mol. The van der Waals surface area contributed by atoms with Gasteiger partial charge in [0.15, 0.2) is 5.76 Å². The third-order valence-corrected chi connectivity index (χ3v) is 3.54. The number of nitrogens with zero attached hydrogens (tertiary/aromatic N) is 4. The van der Waals surface area contributed by atoms with Gasteiger partial charge in [-0.05, 0) is 26.0 Å². The zero-order valence-corrected chi connectivity index (χ0v) is 14.0. The second-order valence-corrected chi connectivity index (χ2v) is 5.28. The largest absolute Gasteiger partial charge is 0.462 e. The van der Waals surface area contributed by atoms with Gasteiger partial charge in [-0.3, -0.25) is 9.48 Å². The summed E-state index contributed by atoms with van der Waals surface area (Å²) in [5.41, 5.74) is 2.32. The van der Waals surface area contributed by atoms with Crippen LogP contribution in [0.2, 0.25) is 0 Å². The van der Waals surface area contributed by atoms with Gasteiger partial charge in [0.2, 0.25) is 5.71 Å². The summed E-state index contributed by atoms with van der Waals surface area (Å²) in [6, 6.07) is 3.29. The van der Waals surface area contributed by atoms with Crippen molar-refractivity contribution in [3.63, 3.8) is 0 Å². The molecule has 0 aliphatic carbocycles. The maximum absolute atomic E-state index is 12.4. The maximum atomic E-state index is 12.4. The fourth-order valence-corrected chi connectivity index (χ4v) is 2.30. The number of rotatable bonds is 6. The van der Waals surface area contributed by atoms with E-state index in [1.807, 2.05) is 13.8 Å². The van der Waals surface area contributed by atoms with Crippen LogP contribution in [0.3, 0.4) is 0 Å². The van der Waals surface area contributed by atoms with E-state index in [9.17, 15) is 4.79 Å². The van der Waals surface area contributed by atoms with Crippen LogP contribution in [0.5, 0.6) is 0 Å². The van der Waals surface area contributed by atoms with Gasteiger partial charge in [0.25, 0.3) is 5.91 Å². The Morgan fingerprint density at radius 2 is 2.28 bits per heavy atom. The molecular formula is C16H17N5O4. The fourth-order valence-electron chi connectivity index (χ4n) is 2.30. The number of furan rings is 1. The lowest BCUT2D eigenvalue weighted by molar-refractivity contribution is -0.110. The Morgan fingerprint density at radius 3 is 2.92 bits per heavy atom. The van der Waals surface area contributed by atoms with Gasteiger partial charge in [0.05, 0.1) is 30.4 Å². The van der Waals surface area contributed by atoms with Crippen LogP contribution in [0.4, 0.5) is 5.69 Å². The quantitative estimate of drug-likeness (QED) is 0.542. The lowest BCUT2D eigenvalue weighted by Gasteiger charge is -2.03. The lowest BCUT2D eigenvalue weighted by atomic mass is 10.2. The number of aryl methyl sites for hydroxylation is 2. The van der Waals surface area contributed by atoms with E-state index in [1.165, 1.54) is 13.4 Å². The summed E-state index contributed by atoms with van der Waals surface area (Å²) in [6.45, 7) is 4.21. The third-order valence-electron chi connectivity index (χ3n) is 3.54. The van der Waals surface area contributed by atoms with Crippen molar-refractivity contribution in [2.75, 3.05) is 12.4 Å². The van der Waals surface area contributed by atoms with E-state index in [-0.39, 0.29) is 5.71 Å². The highest BCUT2D eigenvalue weighted by Gasteiger charge is 2.19. The van der Waals surface area contributed by atoms with Crippen molar-refractivity contribution >= 4 is 17.3 Å². The molecule has 0 aliphatic heterocycles. The van der Waals surface area contributed by atoms with Crippen LogP contribution in [-0.2, 0) is 16.2 Å². The van der Waals surface area contributed by atoms with Crippen LogP contribution >= 0.6 is 0 Å². The van der Waals surface area contributed by atoms with Crippen molar-refractivity contribution in [2.45, 2.75) is 20.4 Å². The maximum Gasteiger partial charge on any atom is 0.281 e. The molecule has 9 nitrogen and oxygen atoms in total. The number of carbonyl (C=O) groups is 1. The molecule has 3 heterocycles. The summed E-state index contributed by atoms with van der Waals surface area (Å²) in [6.07, 6.45) is 4.70. The Labute approximate surface area is 143 Å². The molecule has 3 rings (SSSR count). The number of carbonyl (C=O) groups excluding carboxylic acids is 1. The zero-order chi connectivity index (χ0) is 17.8. The number of hydrogen-bond donors (Lipinski definition) is 1. The van der Waals surface area contributed by atoms with E-state index in [1.54, 1.807) is 29.2 Å². The molecule has 0 aromatic carbocycles. The second kappa shape index (κ2) is 7.04. The van der Waals surface area contributed by atoms with Gasteiger partial charge in [-0.1, -0.05) is 10.3 Å². The van der Waals surface area contributed by atoms with Gasteiger partial charge in [-0.15, -0.1) is 0 Å². The Bertz CT molecular complexity index is 872. The van der Waals surface area contributed by atoms with E-state index in [0.29, 0.717) is 18.0 Å². The topological polar surface area (TPSA) is 108 Å². The van der Waals surface area contributed by atoms with Crippen molar-refractivity contribution in [2.24, 2.45) is 5.16 Å². The first-order valence-corrected chi connectivity index (χ1v) is 7.49. The number of amides is 1. The third kappa shape index (κ3) is 3.60. The smallest absolute Gasteiger partial charge is 0.281 e. The van der Waals surface area contributed by atoms with E-state index >= 15 is 0 Å². The lowest BCUT2D eigenvalue weighted by Crippen LogP contribution is -2.23. The second-order valence-electron chi connectivity index (χ2n) is 5.28. The van der Waals surface area contributed by atoms with Gasteiger partial charge < -0.3 is 19.1 Å². The Balaban J connectivity index is 1.72. The average Bonchev–Trinajstić information content (AvgIpc) is 3.32. The molecule has 0 atom stereocenters. The van der Waals surface area contributed by atoms with Crippen molar-refractivity contribution in [3.05, 3.63) is 53.6 Å².